The summed E-state index contributed by atoms with van der Waals surface area (Å²) < 4.78 is 29.8. The quantitative estimate of drug-likeness (QED) is 0.806. The van der Waals surface area contributed by atoms with Crippen LogP contribution in [0, 0.1) is 6.92 Å². The van der Waals surface area contributed by atoms with Gasteiger partial charge < -0.3 is 4.57 Å². The molecule has 0 bridgehead atoms. The number of hydrogen-bond donors (Lipinski definition) is 1. The van der Waals surface area contributed by atoms with Gasteiger partial charge >= 0.3 is 0 Å². The molecule has 1 N–H and O–H groups in total. The summed E-state index contributed by atoms with van der Waals surface area (Å²) in [5.74, 6) is 0. The van der Waals surface area contributed by atoms with Crippen LogP contribution in [0.5, 0.6) is 0 Å². The lowest BCUT2D eigenvalue weighted by molar-refractivity contribution is 0.569. The van der Waals surface area contributed by atoms with E-state index in [9.17, 15) is 8.42 Å². The first-order valence-electron chi connectivity index (χ1n) is 6.21. The van der Waals surface area contributed by atoms with E-state index in [1.54, 1.807) is 31.6 Å². The van der Waals surface area contributed by atoms with E-state index in [0.717, 1.165) is 16.6 Å². The molecule has 0 fully saturated rings. The first kappa shape index (κ1) is 15.2. The highest BCUT2D eigenvalue weighted by molar-refractivity contribution is 9.10. The van der Waals surface area contributed by atoms with Crippen LogP contribution < -0.4 is 4.72 Å². The number of hydrogen-bond acceptors (Lipinski definition) is 3. The highest BCUT2D eigenvalue weighted by atomic mass is 79.9. The molecule has 7 heteroatoms. The van der Waals surface area contributed by atoms with E-state index < -0.39 is 10.0 Å². The first-order valence-corrected chi connectivity index (χ1v) is 8.49. The number of benzene rings is 1. The molecule has 1 aromatic heterocycles. The Hall–Kier alpha value is -1.18. The van der Waals surface area contributed by atoms with Gasteiger partial charge in [0.25, 0.3) is 0 Å². The van der Waals surface area contributed by atoms with Gasteiger partial charge in [-0.25, -0.2) is 18.1 Å². The van der Waals surface area contributed by atoms with E-state index in [1.165, 1.54) is 0 Å². The summed E-state index contributed by atoms with van der Waals surface area (Å²) in [4.78, 5) is 4.25. The van der Waals surface area contributed by atoms with Crippen molar-refractivity contribution < 1.29 is 8.42 Å². The molecule has 108 valence electrons. The normalized spacial score (nSPS) is 11.7. The van der Waals surface area contributed by atoms with Crippen molar-refractivity contribution in [1.29, 1.82) is 0 Å². The summed E-state index contributed by atoms with van der Waals surface area (Å²) >= 11 is 3.34. The molecule has 0 radical (unpaired) electrons. The molecule has 0 spiro atoms. The molecule has 2 rings (SSSR count). The molecule has 1 heterocycles. The van der Waals surface area contributed by atoms with Crippen LogP contribution in [0.15, 0.2) is 46.3 Å². The van der Waals surface area contributed by atoms with Gasteiger partial charge in [0, 0.05) is 30.0 Å². The van der Waals surface area contributed by atoms with Crippen molar-refractivity contribution in [1.82, 2.24) is 14.3 Å². The second-order valence-electron chi connectivity index (χ2n) is 4.41. The van der Waals surface area contributed by atoms with Gasteiger partial charge in [0.2, 0.25) is 10.0 Å². The molecular formula is C13H16BrN3O2S. The molecule has 0 atom stereocenters. The lowest BCUT2D eigenvalue weighted by atomic mass is 10.2. The molecule has 2 aromatic rings. The van der Waals surface area contributed by atoms with Crippen LogP contribution in [0.25, 0.3) is 0 Å². The van der Waals surface area contributed by atoms with Gasteiger partial charge in [0.1, 0.15) is 0 Å². The Kier molecular flexibility index (Phi) is 4.95. The van der Waals surface area contributed by atoms with Crippen LogP contribution in [0.3, 0.4) is 0 Å². The van der Waals surface area contributed by atoms with E-state index in [2.05, 4.69) is 25.6 Å². The monoisotopic (exact) mass is 357 g/mol. The minimum Gasteiger partial charge on any atom is -0.337 e. The summed E-state index contributed by atoms with van der Waals surface area (Å²) in [7, 11) is -3.46. The predicted octanol–water partition coefficient (Wildman–Crippen LogP) is 2.32. The maximum Gasteiger partial charge on any atom is 0.240 e. The number of imidazole rings is 1. The smallest absolute Gasteiger partial charge is 0.240 e. The van der Waals surface area contributed by atoms with Gasteiger partial charge in [-0.1, -0.05) is 22.0 Å². The molecule has 5 nitrogen and oxygen atoms in total. The van der Waals surface area contributed by atoms with Crippen molar-refractivity contribution in [3.05, 3.63) is 47.0 Å². The molecule has 0 amide bonds. The maximum absolute atomic E-state index is 12.2. The highest BCUT2D eigenvalue weighted by Gasteiger charge is 2.16. The second kappa shape index (κ2) is 6.51. The summed E-state index contributed by atoms with van der Waals surface area (Å²) in [5.41, 5.74) is 0.717. The summed E-state index contributed by atoms with van der Waals surface area (Å²) in [5, 5.41) is 0. The molecule has 20 heavy (non-hydrogen) atoms. The summed E-state index contributed by atoms with van der Waals surface area (Å²) in [6.45, 7) is 2.91. The molecule has 0 saturated heterocycles. The zero-order valence-electron chi connectivity index (χ0n) is 11.1. The number of nitrogens with zero attached hydrogens (tertiary/aromatic N) is 2. The van der Waals surface area contributed by atoms with Crippen LogP contribution in [0.2, 0.25) is 0 Å². The zero-order chi connectivity index (χ0) is 14.6. The molecule has 0 aliphatic rings. The minimum atomic E-state index is -3.46. The fourth-order valence-corrected chi connectivity index (χ4v) is 3.68. The van der Waals surface area contributed by atoms with Gasteiger partial charge in [-0.05, 0) is 31.0 Å². The van der Waals surface area contributed by atoms with E-state index >= 15 is 0 Å². The molecule has 0 unspecified atom stereocenters. The van der Waals surface area contributed by atoms with E-state index in [4.69, 9.17) is 0 Å². The zero-order valence-corrected chi connectivity index (χ0v) is 13.5. The Labute approximate surface area is 127 Å². The standard InChI is InChI=1S/C13H16BrN3O2S/c1-11-12(14)4-2-5-13(11)20(18,19)16-6-3-8-17-9-7-15-10-17/h2,4-5,7,9-10,16H,3,6,8H2,1H3. The number of aryl methyl sites for hydroxylation is 1. The Morgan fingerprint density at radius 2 is 2.20 bits per heavy atom. The Morgan fingerprint density at radius 3 is 2.90 bits per heavy atom. The fourth-order valence-electron chi connectivity index (χ4n) is 1.84. The van der Waals surface area contributed by atoms with Crippen molar-refractivity contribution in [2.75, 3.05) is 6.54 Å². The van der Waals surface area contributed by atoms with Crippen molar-refractivity contribution in [3.8, 4) is 0 Å². The van der Waals surface area contributed by atoms with Gasteiger partial charge in [-0.2, -0.15) is 0 Å². The fraction of sp³-hybridized carbons (Fsp3) is 0.308. The topological polar surface area (TPSA) is 64.0 Å². The lowest BCUT2D eigenvalue weighted by Gasteiger charge is -2.10. The van der Waals surface area contributed by atoms with Crippen LogP contribution in [-0.2, 0) is 16.6 Å². The van der Waals surface area contributed by atoms with Gasteiger partial charge in [0.15, 0.2) is 0 Å². The van der Waals surface area contributed by atoms with Crippen LogP contribution in [0.4, 0.5) is 0 Å². The van der Waals surface area contributed by atoms with Gasteiger partial charge in [-0.15, -0.1) is 0 Å². The van der Waals surface area contributed by atoms with Crippen LogP contribution >= 0.6 is 15.9 Å². The third-order valence-corrected chi connectivity index (χ3v) is 5.42. The van der Waals surface area contributed by atoms with Crippen molar-refractivity contribution in [2.45, 2.75) is 24.8 Å². The van der Waals surface area contributed by atoms with E-state index in [1.807, 2.05) is 16.8 Å². The van der Waals surface area contributed by atoms with E-state index in [-0.39, 0.29) is 0 Å². The lowest BCUT2D eigenvalue weighted by Crippen LogP contribution is -2.26. The van der Waals surface area contributed by atoms with Crippen molar-refractivity contribution in [3.63, 3.8) is 0 Å². The summed E-state index contributed by atoms with van der Waals surface area (Å²) in [6, 6.07) is 5.16. The number of sulfonamides is 1. The number of halogens is 1. The minimum absolute atomic E-state index is 0.314. The molecule has 0 aliphatic carbocycles. The third-order valence-electron chi connectivity index (χ3n) is 2.95. The third kappa shape index (κ3) is 3.68. The van der Waals surface area contributed by atoms with Gasteiger partial charge in [0.05, 0.1) is 11.2 Å². The highest BCUT2D eigenvalue weighted by Crippen LogP contribution is 2.22. The SMILES string of the molecule is Cc1c(Br)cccc1S(=O)(=O)NCCCn1ccnc1. The largest absolute Gasteiger partial charge is 0.337 e. The average Bonchev–Trinajstić information content (AvgIpc) is 2.91. The maximum atomic E-state index is 12.2. The molecule has 1 aromatic carbocycles. The van der Waals surface area contributed by atoms with Crippen LogP contribution in [0.1, 0.15) is 12.0 Å². The Morgan fingerprint density at radius 1 is 1.40 bits per heavy atom. The number of rotatable bonds is 6. The first-order chi connectivity index (χ1) is 9.50. The summed E-state index contributed by atoms with van der Waals surface area (Å²) in [6.07, 6.45) is 5.98. The van der Waals surface area contributed by atoms with Crippen molar-refractivity contribution >= 4 is 26.0 Å². The van der Waals surface area contributed by atoms with Gasteiger partial charge in [-0.3, -0.25) is 0 Å². The molecule has 0 aliphatic heterocycles. The van der Waals surface area contributed by atoms with Crippen molar-refractivity contribution in [2.24, 2.45) is 0 Å². The molecular weight excluding hydrogens is 342 g/mol. The predicted molar refractivity (Wildman–Crippen MR) is 80.9 cm³/mol. The Bertz CT molecular complexity index is 669. The molecule has 0 saturated carbocycles. The average molecular weight is 358 g/mol. The van der Waals surface area contributed by atoms with E-state index in [0.29, 0.717) is 17.9 Å². The number of nitrogens with one attached hydrogen (secondary N) is 1. The Balaban J connectivity index is 1.95. The van der Waals surface area contributed by atoms with Crippen LogP contribution in [-0.4, -0.2) is 24.5 Å². The second-order valence-corrected chi connectivity index (χ2v) is 7.00. The number of aromatic nitrogens is 2.